The van der Waals surface area contributed by atoms with Crippen LogP contribution in [0.25, 0.3) is 0 Å². The van der Waals surface area contributed by atoms with Crippen LogP contribution in [-0.4, -0.2) is 46.9 Å². The highest BCUT2D eigenvalue weighted by molar-refractivity contribution is 5.93. The molecule has 3 atom stereocenters. The minimum Gasteiger partial charge on any atom is -0.480 e. The number of benzene rings is 1. The highest BCUT2D eigenvalue weighted by atomic mass is 16.4. The molecule has 7 N–H and O–H groups in total. The van der Waals surface area contributed by atoms with Crippen LogP contribution >= 0.6 is 0 Å². The van der Waals surface area contributed by atoms with Crippen molar-refractivity contribution in [3.05, 3.63) is 35.9 Å². The average molecular weight is 378 g/mol. The van der Waals surface area contributed by atoms with Gasteiger partial charge in [0.1, 0.15) is 12.1 Å². The molecule has 0 fully saturated rings. The molecule has 0 aromatic heterocycles. The molecule has 1 rings (SSSR count). The Morgan fingerprint density at radius 3 is 2.11 bits per heavy atom. The molecule has 0 aliphatic heterocycles. The lowest BCUT2D eigenvalue weighted by Gasteiger charge is -2.24. The van der Waals surface area contributed by atoms with Gasteiger partial charge in [-0.2, -0.15) is 0 Å². The van der Waals surface area contributed by atoms with Crippen molar-refractivity contribution in [1.82, 2.24) is 10.6 Å². The number of carbonyl (C=O) groups is 4. The van der Waals surface area contributed by atoms with Crippen LogP contribution in [0.2, 0.25) is 0 Å². The molecule has 0 spiro atoms. The topological polar surface area (TPSA) is 165 Å². The molecule has 0 saturated heterocycles. The van der Waals surface area contributed by atoms with Gasteiger partial charge in [-0.1, -0.05) is 44.2 Å². The maximum atomic E-state index is 12.6. The number of nitrogens with one attached hydrogen (secondary N) is 2. The number of hydrogen-bond acceptors (Lipinski definition) is 5. The molecule has 9 heteroatoms. The lowest BCUT2D eigenvalue weighted by atomic mass is 10.0. The molecule has 0 saturated carbocycles. The molecule has 9 nitrogen and oxygen atoms in total. The van der Waals surface area contributed by atoms with E-state index in [2.05, 4.69) is 10.6 Å². The monoisotopic (exact) mass is 378 g/mol. The first-order chi connectivity index (χ1) is 12.6. The number of carboxylic acid groups (broad SMARTS) is 1. The SMILES string of the molecule is CC(C)[C@H](NC(=O)[C@H](Cc1ccccc1)NC(=O)[C@@H](N)CC(N)=O)C(=O)O. The van der Waals surface area contributed by atoms with E-state index in [4.69, 9.17) is 11.5 Å². The summed E-state index contributed by atoms with van der Waals surface area (Å²) in [6.07, 6.45) is -0.235. The normalized spacial score (nSPS) is 14.1. The summed E-state index contributed by atoms with van der Waals surface area (Å²) in [7, 11) is 0. The molecule has 0 unspecified atom stereocenters. The lowest BCUT2D eigenvalue weighted by molar-refractivity contribution is -0.143. The van der Waals surface area contributed by atoms with Crippen molar-refractivity contribution in [2.24, 2.45) is 17.4 Å². The van der Waals surface area contributed by atoms with Gasteiger partial charge in [0, 0.05) is 6.42 Å². The van der Waals surface area contributed by atoms with Crippen molar-refractivity contribution in [3.8, 4) is 0 Å². The highest BCUT2D eigenvalue weighted by Gasteiger charge is 2.29. The van der Waals surface area contributed by atoms with Crippen LogP contribution in [0, 0.1) is 5.92 Å². The fraction of sp³-hybridized carbons (Fsp3) is 0.444. The molecular weight excluding hydrogens is 352 g/mol. The number of nitrogens with two attached hydrogens (primary N) is 2. The Labute approximate surface area is 157 Å². The van der Waals surface area contributed by atoms with Gasteiger partial charge < -0.3 is 27.2 Å². The fourth-order valence-electron chi connectivity index (χ4n) is 2.41. The summed E-state index contributed by atoms with van der Waals surface area (Å²) >= 11 is 0. The number of amides is 3. The summed E-state index contributed by atoms with van der Waals surface area (Å²) < 4.78 is 0. The van der Waals surface area contributed by atoms with Crippen molar-refractivity contribution in [1.29, 1.82) is 0 Å². The first kappa shape index (κ1) is 22.1. The third-order valence-electron chi connectivity index (χ3n) is 3.90. The van der Waals surface area contributed by atoms with E-state index < -0.39 is 41.8 Å². The van der Waals surface area contributed by atoms with E-state index in [0.717, 1.165) is 5.56 Å². The predicted octanol–water partition coefficient (Wildman–Crippen LogP) is -0.858. The number of carboxylic acids is 1. The minimum absolute atomic E-state index is 0.131. The number of hydrogen-bond donors (Lipinski definition) is 5. The van der Waals surface area contributed by atoms with Gasteiger partial charge in [-0.25, -0.2) is 4.79 Å². The van der Waals surface area contributed by atoms with E-state index in [9.17, 15) is 24.3 Å². The maximum absolute atomic E-state index is 12.6. The molecule has 1 aromatic rings. The lowest BCUT2D eigenvalue weighted by Crippen LogP contribution is -2.56. The molecule has 27 heavy (non-hydrogen) atoms. The van der Waals surface area contributed by atoms with Gasteiger partial charge in [-0.3, -0.25) is 14.4 Å². The number of rotatable bonds is 10. The van der Waals surface area contributed by atoms with E-state index in [1.54, 1.807) is 44.2 Å². The molecule has 1 aromatic carbocycles. The molecule has 0 heterocycles. The first-order valence-electron chi connectivity index (χ1n) is 8.53. The predicted molar refractivity (Wildman–Crippen MR) is 98.3 cm³/mol. The Kier molecular flexibility index (Phi) is 8.40. The summed E-state index contributed by atoms with van der Waals surface area (Å²) in [5.41, 5.74) is 11.4. The summed E-state index contributed by atoms with van der Waals surface area (Å²) in [5.74, 6) is -3.64. The van der Waals surface area contributed by atoms with Gasteiger partial charge in [0.05, 0.1) is 12.5 Å². The van der Waals surface area contributed by atoms with Crippen molar-refractivity contribution in [2.75, 3.05) is 0 Å². The van der Waals surface area contributed by atoms with Crippen LogP contribution in [-0.2, 0) is 25.6 Å². The molecule has 148 valence electrons. The molecule has 0 aliphatic rings. The third kappa shape index (κ3) is 7.45. The van der Waals surface area contributed by atoms with Crippen molar-refractivity contribution in [2.45, 2.75) is 44.8 Å². The second kappa shape index (κ2) is 10.3. The summed E-state index contributed by atoms with van der Waals surface area (Å²) in [4.78, 5) is 47.1. The minimum atomic E-state index is -1.20. The number of aliphatic carboxylic acids is 1. The quantitative estimate of drug-likeness (QED) is 0.355. The number of primary amides is 1. The van der Waals surface area contributed by atoms with E-state index in [0.29, 0.717) is 0 Å². The average Bonchev–Trinajstić information content (AvgIpc) is 2.58. The Bertz CT molecular complexity index is 678. The van der Waals surface area contributed by atoms with Crippen LogP contribution in [0.3, 0.4) is 0 Å². The molecule has 0 bridgehead atoms. The van der Waals surface area contributed by atoms with E-state index in [1.165, 1.54) is 0 Å². The third-order valence-corrected chi connectivity index (χ3v) is 3.90. The van der Waals surface area contributed by atoms with Crippen molar-refractivity contribution >= 4 is 23.7 Å². The Morgan fingerprint density at radius 1 is 1.04 bits per heavy atom. The summed E-state index contributed by atoms with van der Waals surface area (Å²) in [6, 6.07) is 5.54. The number of carbonyl (C=O) groups excluding carboxylic acids is 3. The fourth-order valence-corrected chi connectivity index (χ4v) is 2.41. The summed E-state index contributed by atoms with van der Waals surface area (Å²) in [5, 5.41) is 14.2. The Balaban J connectivity index is 2.95. The van der Waals surface area contributed by atoms with Gasteiger partial charge in [0.15, 0.2) is 0 Å². The first-order valence-corrected chi connectivity index (χ1v) is 8.53. The van der Waals surface area contributed by atoms with Crippen LogP contribution < -0.4 is 22.1 Å². The highest BCUT2D eigenvalue weighted by Crippen LogP contribution is 2.07. The zero-order chi connectivity index (χ0) is 20.6. The zero-order valence-electron chi connectivity index (χ0n) is 15.3. The van der Waals surface area contributed by atoms with Crippen LogP contribution in [0.4, 0.5) is 0 Å². The smallest absolute Gasteiger partial charge is 0.326 e. The molecule has 0 aliphatic carbocycles. The van der Waals surface area contributed by atoms with Crippen LogP contribution in [0.1, 0.15) is 25.8 Å². The molecule has 0 radical (unpaired) electrons. The Morgan fingerprint density at radius 2 is 1.63 bits per heavy atom. The van der Waals surface area contributed by atoms with Crippen LogP contribution in [0.5, 0.6) is 0 Å². The van der Waals surface area contributed by atoms with E-state index in [-0.39, 0.29) is 18.8 Å². The van der Waals surface area contributed by atoms with E-state index >= 15 is 0 Å². The van der Waals surface area contributed by atoms with Gasteiger partial charge in [0.2, 0.25) is 17.7 Å². The second-order valence-corrected chi connectivity index (χ2v) is 6.60. The van der Waals surface area contributed by atoms with Gasteiger partial charge >= 0.3 is 5.97 Å². The molecule has 3 amide bonds. The van der Waals surface area contributed by atoms with Gasteiger partial charge in [-0.15, -0.1) is 0 Å². The van der Waals surface area contributed by atoms with Gasteiger partial charge in [-0.05, 0) is 11.5 Å². The maximum Gasteiger partial charge on any atom is 0.326 e. The molecular formula is C18H26N4O5. The van der Waals surface area contributed by atoms with Gasteiger partial charge in [0.25, 0.3) is 0 Å². The Hall–Kier alpha value is -2.94. The zero-order valence-corrected chi connectivity index (χ0v) is 15.3. The standard InChI is InChI=1S/C18H26N4O5/c1-10(2)15(18(26)27)22-17(25)13(8-11-6-4-3-5-7-11)21-16(24)12(19)9-14(20)23/h3-7,10,12-13,15H,8-9,19H2,1-2H3,(H2,20,23)(H,21,24)(H,22,25)(H,26,27)/t12-,13-,15-/m0/s1. The largest absolute Gasteiger partial charge is 0.480 e. The van der Waals surface area contributed by atoms with Crippen molar-refractivity contribution < 1.29 is 24.3 Å². The second-order valence-electron chi connectivity index (χ2n) is 6.60. The van der Waals surface area contributed by atoms with Crippen molar-refractivity contribution in [3.63, 3.8) is 0 Å². The summed E-state index contributed by atoms with van der Waals surface area (Å²) in [6.45, 7) is 3.32. The van der Waals surface area contributed by atoms with Crippen LogP contribution in [0.15, 0.2) is 30.3 Å². The van der Waals surface area contributed by atoms with E-state index in [1.807, 2.05) is 0 Å².